The molecule has 3 rings (SSSR count). The summed E-state index contributed by atoms with van der Waals surface area (Å²) >= 11 is 6.04. The molecule has 1 aliphatic rings. The number of rotatable bonds is 13. The molecule has 2 amide bonds. The Bertz CT molecular complexity index is 1180. The van der Waals surface area contributed by atoms with Gasteiger partial charge in [0.05, 0.1) is 18.6 Å². The van der Waals surface area contributed by atoms with Crippen LogP contribution in [0.15, 0.2) is 48.5 Å². The molecule has 1 aliphatic carbocycles. The predicted molar refractivity (Wildman–Crippen MR) is 156 cm³/mol. The van der Waals surface area contributed by atoms with Gasteiger partial charge in [-0.25, -0.2) is 8.42 Å². The average Bonchev–Trinajstić information content (AvgIpc) is 2.91. The maximum atomic E-state index is 13.5. The zero-order valence-electron chi connectivity index (χ0n) is 23.1. The van der Waals surface area contributed by atoms with Crippen LogP contribution in [0.4, 0.5) is 5.69 Å². The minimum Gasteiger partial charge on any atom is -0.494 e. The molecule has 0 radical (unpaired) electrons. The van der Waals surface area contributed by atoms with Gasteiger partial charge in [-0.15, -0.1) is 0 Å². The molecule has 0 spiro atoms. The largest absolute Gasteiger partial charge is 0.494 e. The lowest BCUT2D eigenvalue weighted by molar-refractivity contribution is -0.141. The van der Waals surface area contributed by atoms with Gasteiger partial charge in [0.2, 0.25) is 21.8 Å². The van der Waals surface area contributed by atoms with Gasteiger partial charge >= 0.3 is 0 Å². The van der Waals surface area contributed by atoms with Crippen LogP contribution < -0.4 is 14.4 Å². The molecule has 10 heteroatoms. The first-order valence-electron chi connectivity index (χ1n) is 13.6. The molecule has 1 fully saturated rings. The van der Waals surface area contributed by atoms with E-state index in [0.717, 1.165) is 37.5 Å². The highest BCUT2D eigenvalue weighted by atomic mass is 35.5. The molecule has 2 aromatic carbocycles. The van der Waals surface area contributed by atoms with Crippen LogP contribution >= 0.6 is 11.6 Å². The SMILES string of the molecule is CCOc1ccc(N(CCCC(=O)N(Cc2ccc(Cl)cc2)[C@@H](C)C(=O)NC2CCCCC2)S(C)(=O)=O)cc1. The second kappa shape index (κ2) is 14.6. The molecule has 2 aromatic rings. The Balaban J connectivity index is 1.70. The molecule has 0 bridgehead atoms. The predicted octanol–water partition coefficient (Wildman–Crippen LogP) is 5.15. The van der Waals surface area contributed by atoms with Crippen molar-refractivity contribution >= 4 is 39.1 Å². The molecular formula is C29H40ClN3O5S. The molecule has 1 N–H and O–H groups in total. The Morgan fingerprint density at radius 1 is 1.05 bits per heavy atom. The van der Waals surface area contributed by atoms with Crippen LogP contribution in [0.1, 0.15) is 64.4 Å². The van der Waals surface area contributed by atoms with E-state index in [-0.39, 0.29) is 37.4 Å². The van der Waals surface area contributed by atoms with Crippen LogP contribution in [0.3, 0.4) is 0 Å². The van der Waals surface area contributed by atoms with E-state index in [1.54, 1.807) is 48.2 Å². The van der Waals surface area contributed by atoms with Gasteiger partial charge in [0.15, 0.2) is 0 Å². The van der Waals surface area contributed by atoms with Gasteiger partial charge < -0.3 is 15.0 Å². The van der Waals surface area contributed by atoms with Crippen molar-refractivity contribution < 1.29 is 22.7 Å². The van der Waals surface area contributed by atoms with Gasteiger partial charge in [0.25, 0.3) is 0 Å². The second-order valence-corrected chi connectivity index (χ2v) is 12.4. The molecule has 0 aromatic heterocycles. The topological polar surface area (TPSA) is 96.0 Å². The fraction of sp³-hybridized carbons (Fsp3) is 0.517. The number of sulfonamides is 1. The number of amides is 2. The summed E-state index contributed by atoms with van der Waals surface area (Å²) < 4.78 is 31.8. The Morgan fingerprint density at radius 2 is 1.69 bits per heavy atom. The fourth-order valence-electron chi connectivity index (χ4n) is 4.82. The Morgan fingerprint density at radius 3 is 2.28 bits per heavy atom. The summed E-state index contributed by atoms with van der Waals surface area (Å²) in [6.07, 6.45) is 6.83. The molecular weight excluding hydrogens is 538 g/mol. The third kappa shape index (κ3) is 9.42. The highest BCUT2D eigenvalue weighted by molar-refractivity contribution is 7.92. The molecule has 39 heavy (non-hydrogen) atoms. The summed E-state index contributed by atoms with van der Waals surface area (Å²) in [7, 11) is -3.57. The number of ether oxygens (including phenoxy) is 1. The number of carbonyl (C=O) groups is 2. The van der Waals surface area contributed by atoms with Gasteiger partial charge in [0.1, 0.15) is 11.8 Å². The van der Waals surface area contributed by atoms with Gasteiger partial charge in [-0.3, -0.25) is 13.9 Å². The number of halogens is 1. The van der Waals surface area contributed by atoms with E-state index in [2.05, 4.69) is 5.32 Å². The van der Waals surface area contributed by atoms with Crippen molar-refractivity contribution in [1.82, 2.24) is 10.2 Å². The number of carbonyl (C=O) groups excluding carboxylic acids is 2. The van der Waals surface area contributed by atoms with Crippen molar-refractivity contribution in [1.29, 1.82) is 0 Å². The summed E-state index contributed by atoms with van der Waals surface area (Å²) in [4.78, 5) is 28.2. The third-order valence-electron chi connectivity index (χ3n) is 6.97. The van der Waals surface area contributed by atoms with Crippen molar-refractivity contribution in [3.63, 3.8) is 0 Å². The maximum absolute atomic E-state index is 13.5. The van der Waals surface area contributed by atoms with Crippen molar-refractivity contribution in [2.45, 2.75) is 77.4 Å². The highest BCUT2D eigenvalue weighted by Gasteiger charge is 2.28. The van der Waals surface area contributed by atoms with Gasteiger partial charge in [-0.05, 0) is 75.1 Å². The van der Waals surface area contributed by atoms with E-state index >= 15 is 0 Å². The number of anilines is 1. The van der Waals surface area contributed by atoms with Crippen LogP contribution in [0.2, 0.25) is 5.02 Å². The van der Waals surface area contributed by atoms with Gasteiger partial charge in [-0.2, -0.15) is 0 Å². The Hall–Kier alpha value is -2.78. The number of nitrogens with zero attached hydrogens (tertiary/aromatic N) is 2. The normalized spacial score (nSPS) is 14.9. The molecule has 0 saturated heterocycles. The zero-order valence-corrected chi connectivity index (χ0v) is 24.6. The molecule has 214 valence electrons. The third-order valence-corrected chi connectivity index (χ3v) is 8.42. The molecule has 0 unspecified atom stereocenters. The lowest BCUT2D eigenvalue weighted by Gasteiger charge is -2.31. The lowest BCUT2D eigenvalue weighted by atomic mass is 9.95. The van der Waals surface area contributed by atoms with Crippen LogP contribution in [0.5, 0.6) is 5.75 Å². The molecule has 1 atom stereocenters. The fourth-order valence-corrected chi connectivity index (χ4v) is 5.91. The monoisotopic (exact) mass is 577 g/mol. The first kappa shape index (κ1) is 30.8. The Kier molecular flexibility index (Phi) is 11.5. The minimum absolute atomic E-state index is 0.0949. The van der Waals surface area contributed by atoms with Crippen LogP contribution in [0.25, 0.3) is 0 Å². The molecule has 0 heterocycles. The highest BCUT2D eigenvalue weighted by Crippen LogP contribution is 2.23. The second-order valence-electron chi connectivity index (χ2n) is 10.0. The number of hydrogen-bond donors (Lipinski definition) is 1. The van der Waals surface area contributed by atoms with Crippen molar-refractivity contribution in [3.05, 3.63) is 59.1 Å². The van der Waals surface area contributed by atoms with Crippen LogP contribution in [-0.4, -0.2) is 56.6 Å². The smallest absolute Gasteiger partial charge is 0.242 e. The molecule has 0 aliphatic heterocycles. The van der Waals surface area contributed by atoms with E-state index in [4.69, 9.17) is 16.3 Å². The summed E-state index contributed by atoms with van der Waals surface area (Å²) in [6.45, 7) is 4.53. The minimum atomic E-state index is -3.57. The first-order chi connectivity index (χ1) is 18.6. The summed E-state index contributed by atoms with van der Waals surface area (Å²) in [5.74, 6) is 0.274. The van der Waals surface area contributed by atoms with E-state index in [9.17, 15) is 18.0 Å². The van der Waals surface area contributed by atoms with Gasteiger partial charge in [0, 0.05) is 30.6 Å². The summed E-state index contributed by atoms with van der Waals surface area (Å²) in [5.41, 5.74) is 1.36. The van der Waals surface area contributed by atoms with Crippen molar-refractivity contribution in [2.75, 3.05) is 23.7 Å². The average molecular weight is 578 g/mol. The summed E-state index contributed by atoms with van der Waals surface area (Å²) in [5, 5.41) is 3.72. The number of hydrogen-bond acceptors (Lipinski definition) is 5. The first-order valence-corrected chi connectivity index (χ1v) is 15.9. The lowest BCUT2D eigenvalue weighted by Crippen LogP contribution is -2.50. The van der Waals surface area contributed by atoms with Crippen LogP contribution in [-0.2, 0) is 26.2 Å². The Labute approximate surface area is 237 Å². The van der Waals surface area contributed by atoms with E-state index in [0.29, 0.717) is 29.5 Å². The molecule has 1 saturated carbocycles. The van der Waals surface area contributed by atoms with Crippen molar-refractivity contribution in [3.8, 4) is 5.75 Å². The standard InChI is InChI=1S/C29H40ClN3O5S/c1-4-38-27-18-16-26(17-19-27)33(39(3,36)37)20-8-11-28(34)32(21-23-12-14-24(30)15-13-23)22(2)29(35)31-25-9-6-5-7-10-25/h12-19,22,25H,4-11,20-21H2,1-3H3,(H,31,35)/t22-/m0/s1. The summed E-state index contributed by atoms with van der Waals surface area (Å²) in [6, 6.07) is 13.5. The maximum Gasteiger partial charge on any atom is 0.242 e. The molecule has 8 nitrogen and oxygen atoms in total. The van der Waals surface area contributed by atoms with E-state index in [1.165, 1.54) is 10.7 Å². The zero-order chi connectivity index (χ0) is 28.4. The number of nitrogens with one attached hydrogen (secondary N) is 1. The quantitative estimate of drug-likeness (QED) is 0.355. The van der Waals surface area contributed by atoms with E-state index < -0.39 is 16.1 Å². The van der Waals surface area contributed by atoms with E-state index in [1.807, 2.05) is 19.1 Å². The van der Waals surface area contributed by atoms with Crippen LogP contribution in [0, 0.1) is 0 Å². The number of benzene rings is 2. The van der Waals surface area contributed by atoms with Crippen molar-refractivity contribution in [2.24, 2.45) is 0 Å². The van der Waals surface area contributed by atoms with Gasteiger partial charge in [-0.1, -0.05) is 43.0 Å².